The van der Waals surface area contributed by atoms with Gasteiger partial charge in [-0.2, -0.15) is 0 Å². The smallest absolute Gasteiger partial charge is 0.150 e. The van der Waals surface area contributed by atoms with Crippen LogP contribution in [0.2, 0.25) is 0 Å². The zero-order valence-corrected chi connectivity index (χ0v) is 11.2. The molecule has 100 valence electrons. The van der Waals surface area contributed by atoms with E-state index in [0.717, 1.165) is 17.2 Å². The molecule has 2 atom stereocenters. The highest BCUT2D eigenvalue weighted by molar-refractivity contribution is 5.58. The normalized spacial score (nSPS) is 13.6. The van der Waals surface area contributed by atoms with Crippen LogP contribution in [0.25, 0.3) is 0 Å². The average molecular weight is 257 g/mol. The van der Waals surface area contributed by atoms with E-state index in [1.807, 2.05) is 61.5 Å². The van der Waals surface area contributed by atoms with Gasteiger partial charge >= 0.3 is 0 Å². The third kappa shape index (κ3) is 3.73. The number of para-hydroxylation sites is 3. The van der Waals surface area contributed by atoms with Gasteiger partial charge in [0.15, 0.2) is 5.75 Å². The van der Waals surface area contributed by atoms with Crippen LogP contribution in [-0.4, -0.2) is 17.3 Å². The average Bonchev–Trinajstić information content (AvgIpc) is 2.42. The Morgan fingerprint density at radius 1 is 0.947 bits per heavy atom. The van der Waals surface area contributed by atoms with Crippen molar-refractivity contribution in [2.24, 2.45) is 0 Å². The maximum Gasteiger partial charge on any atom is 0.150 e. The van der Waals surface area contributed by atoms with Crippen LogP contribution in [0.4, 0.5) is 5.69 Å². The summed E-state index contributed by atoms with van der Waals surface area (Å²) in [5.41, 5.74) is 0.875. The Hall–Kier alpha value is -2.00. The molecule has 0 amide bonds. The maximum absolute atomic E-state index is 9.56. The number of rotatable bonds is 5. The molecule has 3 heteroatoms. The van der Waals surface area contributed by atoms with Gasteiger partial charge in [-0.05, 0) is 38.1 Å². The number of nitrogens with one attached hydrogen (secondary N) is 1. The number of ether oxygens (including phenoxy) is 1. The van der Waals surface area contributed by atoms with Gasteiger partial charge in [0.25, 0.3) is 0 Å². The van der Waals surface area contributed by atoms with Crippen LogP contribution in [0, 0.1) is 0 Å². The molecule has 0 aliphatic rings. The van der Waals surface area contributed by atoms with Crippen molar-refractivity contribution in [1.29, 1.82) is 0 Å². The van der Waals surface area contributed by atoms with Gasteiger partial charge in [0.1, 0.15) is 5.75 Å². The summed E-state index contributed by atoms with van der Waals surface area (Å²) >= 11 is 0. The van der Waals surface area contributed by atoms with E-state index in [-0.39, 0.29) is 6.04 Å². The van der Waals surface area contributed by atoms with Crippen LogP contribution in [0.1, 0.15) is 13.8 Å². The summed E-state index contributed by atoms with van der Waals surface area (Å²) in [5.74, 6) is 1.54. The number of benzene rings is 2. The molecule has 2 aromatic carbocycles. The topological polar surface area (TPSA) is 41.5 Å². The Kier molecular flexibility index (Phi) is 4.42. The lowest BCUT2D eigenvalue weighted by molar-refractivity contribution is 0.178. The van der Waals surface area contributed by atoms with Gasteiger partial charge in [0.05, 0.1) is 11.8 Å². The largest absolute Gasteiger partial charge is 0.455 e. The molecular formula is C16H19NO2. The molecule has 2 unspecified atom stereocenters. The van der Waals surface area contributed by atoms with Crippen molar-refractivity contribution < 1.29 is 9.84 Å². The summed E-state index contributed by atoms with van der Waals surface area (Å²) < 4.78 is 5.85. The van der Waals surface area contributed by atoms with Crippen molar-refractivity contribution >= 4 is 5.69 Å². The first-order valence-corrected chi connectivity index (χ1v) is 6.43. The number of aliphatic hydroxyl groups excluding tert-OH is 1. The van der Waals surface area contributed by atoms with Crippen LogP contribution in [-0.2, 0) is 0 Å². The maximum atomic E-state index is 9.56. The minimum atomic E-state index is -0.426. The second-order valence-electron chi connectivity index (χ2n) is 4.58. The van der Waals surface area contributed by atoms with Crippen molar-refractivity contribution in [2.45, 2.75) is 26.0 Å². The minimum Gasteiger partial charge on any atom is -0.455 e. The lowest BCUT2D eigenvalue weighted by Gasteiger charge is -2.20. The van der Waals surface area contributed by atoms with E-state index in [1.54, 1.807) is 6.92 Å². The minimum absolute atomic E-state index is 0.0412. The first-order chi connectivity index (χ1) is 9.16. The molecular weight excluding hydrogens is 238 g/mol. The van der Waals surface area contributed by atoms with E-state index >= 15 is 0 Å². The van der Waals surface area contributed by atoms with Crippen molar-refractivity contribution in [3.8, 4) is 11.5 Å². The van der Waals surface area contributed by atoms with E-state index in [4.69, 9.17) is 4.74 Å². The third-order valence-electron chi connectivity index (χ3n) is 2.96. The molecule has 3 nitrogen and oxygen atoms in total. The molecule has 2 N–H and O–H groups in total. The summed E-state index contributed by atoms with van der Waals surface area (Å²) in [4.78, 5) is 0. The molecule has 19 heavy (non-hydrogen) atoms. The van der Waals surface area contributed by atoms with Gasteiger partial charge in [-0.25, -0.2) is 0 Å². The van der Waals surface area contributed by atoms with Gasteiger partial charge in [-0.15, -0.1) is 0 Å². The van der Waals surface area contributed by atoms with Crippen LogP contribution < -0.4 is 10.1 Å². The Balaban J connectivity index is 2.17. The van der Waals surface area contributed by atoms with E-state index in [0.29, 0.717) is 0 Å². The lowest BCUT2D eigenvalue weighted by atomic mass is 10.2. The molecule has 0 radical (unpaired) electrons. The van der Waals surface area contributed by atoms with Gasteiger partial charge in [0, 0.05) is 6.04 Å². The Bertz CT molecular complexity index is 511. The first kappa shape index (κ1) is 13.4. The summed E-state index contributed by atoms with van der Waals surface area (Å²) in [6.45, 7) is 3.70. The molecule has 0 aliphatic carbocycles. The lowest BCUT2D eigenvalue weighted by Crippen LogP contribution is -2.27. The number of anilines is 1. The second kappa shape index (κ2) is 6.25. The van der Waals surface area contributed by atoms with Gasteiger partial charge < -0.3 is 15.2 Å². The predicted octanol–water partition coefficient (Wildman–Crippen LogP) is 3.66. The Morgan fingerprint density at radius 3 is 2.26 bits per heavy atom. The number of hydrogen-bond donors (Lipinski definition) is 2. The van der Waals surface area contributed by atoms with Gasteiger partial charge in [-0.3, -0.25) is 0 Å². The summed E-state index contributed by atoms with van der Waals surface area (Å²) in [6.07, 6.45) is -0.426. The highest BCUT2D eigenvalue weighted by Crippen LogP contribution is 2.29. The standard InChI is InChI=1S/C16H19NO2/c1-12(13(2)18)17-15-10-6-7-11-16(15)19-14-8-4-3-5-9-14/h3-13,17-18H,1-2H3. The third-order valence-corrected chi connectivity index (χ3v) is 2.96. The monoisotopic (exact) mass is 257 g/mol. The molecule has 0 heterocycles. The van der Waals surface area contributed by atoms with Crippen LogP contribution >= 0.6 is 0 Å². The fourth-order valence-corrected chi connectivity index (χ4v) is 1.66. The van der Waals surface area contributed by atoms with Gasteiger partial charge in [-0.1, -0.05) is 30.3 Å². The predicted molar refractivity (Wildman–Crippen MR) is 77.7 cm³/mol. The first-order valence-electron chi connectivity index (χ1n) is 6.43. The Morgan fingerprint density at radius 2 is 1.58 bits per heavy atom. The molecule has 0 aliphatic heterocycles. The van der Waals surface area contributed by atoms with Crippen LogP contribution in [0.5, 0.6) is 11.5 Å². The number of aliphatic hydroxyl groups is 1. The summed E-state index contributed by atoms with van der Waals surface area (Å²) in [5, 5.41) is 12.8. The zero-order chi connectivity index (χ0) is 13.7. The van der Waals surface area contributed by atoms with E-state index in [9.17, 15) is 5.11 Å². The highest BCUT2D eigenvalue weighted by Gasteiger charge is 2.11. The van der Waals surface area contributed by atoms with E-state index in [2.05, 4.69) is 5.32 Å². The quantitative estimate of drug-likeness (QED) is 0.859. The number of hydrogen-bond acceptors (Lipinski definition) is 3. The van der Waals surface area contributed by atoms with Crippen molar-refractivity contribution in [3.63, 3.8) is 0 Å². The van der Waals surface area contributed by atoms with Crippen LogP contribution in [0.15, 0.2) is 54.6 Å². The zero-order valence-electron chi connectivity index (χ0n) is 11.2. The van der Waals surface area contributed by atoms with E-state index < -0.39 is 6.10 Å². The van der Waals surface area contributed by atoms with Crippen molar-refractivity contribution in [2.75, 3.05) is 5.32 Å². The Labute approximate surface area is 113 Å². The molecule has 0 bridgehead atoms. The van der Waals surface area contributed by atoms with Crippen molar-refractivity contribution in [3.05, 3.63) is 54.6 Å². The summed E-state index contributed by atoms with van der Waals surface area (Å²) in [6, 6.07) is 17.3. The van der Waals surface area contributed by atoms with Gasteiger partial charge in [0.2, 0.25) is 0 Å². The SMILES string of the molecule is CC(O)C(C)Nc1ccccc1Oc1ccccc1. The van der Waals surface area contributed by atoms with Crippen molar-refractivity contribution in [1.82, 2.24) is 0 Å². The molecule has 0 saturated carbocycles. The second-order valence-corrected chi connectivity index (χ2v) is 4.58. The highest BCUT2D eigenvalue weighted by atomic mass is 16.5. The molecule has 2 aromatic rings. The van der Waals surface area contributed by atoms with Crippen LogP contribution in [0.3, 0.4) is 0 Å². The molecule has 0 fully saturated rings. The molecule has 0 saturated heterocycles. The molecule has 2 rings (SSSR count). The fraction of sp³-hybridized carbons (Fsp3) is 0.250. The fourth-order valence-electron chi connectivity index (χ4n) is 1.66. The summed E-state index contributed by atoms with van der Waals surface area (Å²) in [7, 11) is 0. The molecule has 0 aromatic heterocycles. The molecule has 0 spiro atoms. The van der Waals surface area contributed by atoms with E-state index in [1.165, 1.54) is 0 Å².